The van der Waals surface area contributed by atoms with Gasteiger partial charge in [0.15, 0.2) is 0 Å². The monoisotopic (exact) mass is 136 g/mol. The van der Waals surface area contributed by atoms with E-state index in [1.165, 1.54) is 0 Å². The second-order valence-electron chi connectivity index (χ2n) is 1.52. The van der Waals surface area contributed by atoms with Crippen LogP contribution in [0.1, 0.15) is 13.8 Å². The van der Waals surface area contributed by atoms with Crippen LogP contribution < -0.4 is 0 Å². The molecule has 0 amide bonds. The van der Waals surface area contributed by atoms with E-state index in [4.69, 9.17) is 4.74 Å². The van der Waals surface area contributed by atoms with Gasteiger partial charge in [0.05, 0.1) is 0 Å². The van der Waals surface area contributed by atoms with Crippen molar-refractivity contribution in [3.8, 4) is 0 Å². The highest BCUT2D eigenvalue weighted by molar-refractivity contribution is 4.35. The van der Waals surface area contributed by atoms with Gasteiger partial charge in [-0.2, -0.15) is 0 Å². The highest BCUT2D eigenvalue weighted by Crippen LogP contribution is 1.93. The summed E-state index contributed by atoms with van der Waals surface area (Å²) in [6.45, 7) is 4.54. The van der Waals surface area contributed by atoms with E-state index in [9.17, 15) is 4.39 Å². The van der Waals surface area contributed by atoms with Gasteiger partial charge in [-0.3, -0.25) is 0 Å². The SMILES string of the molecule is CCOCC(F)OCC. The minimum Gasteiger partial charge on any atom is -0.376 e. The summed E-state index contributed by atoms with van der Waals surface area (Å²) in [6.07, 6.45) is -1.25. The van der Waals surface area contributed by atoms with E-state index in [1.807, 2.05) is 6.92 Å². The Morgan fingerprint density at radius 2 is 2.00 bits per heavy atom. The third kappa shape index (κ3) is 5.73. The lowest BCUT2D eigenvalue weighted by Gasteiger charge is -2.06. The van der Waals surface area contributed by atoms with Crippen LogP contribution in [0.4, 0.5) is 4.39 Å². The summed E-state index contributed by atoms with van der Waals surface area (Å²) in [4.78, 5) is 0. The minimum atomic E-state index is -1.25. The van der Waals surface area contributed by atoms with Crippen molar-refractivity contribution >= 4 is 0 Å². The first-order valence-corrected chi connectivity index (χ1v) is 3.14. The predicted octanol–water partition coefficient (Wildman–Crippen LogP) is 1.35. The molecule has 0 aromatic rings. The first-order chi connectivity index (χ1) is 4.31. The number of rotatable bonds is 5. The third-order valence-corrected chi connectivity index (χ3v) is 0.801. The molecule has 0 rings (SSSR count). The van der Waals surface area contributed by atoms with Crippen LogP contribution in [0.5, 0.6) is 0 Å². The van der Waals surface area contributed by atoms with E-state index >= 15 is 0 Å². The molecule has 9 heavy (non-hydrogen) atoms. The lowest BCUT2D eigenvalue weighted by Crippen LogP contribution is -2.13. The van der Waals surface area contributed by atoms with E-state index in [0.717, 1.165) is 0 Å². The summed E-state index contributed by atoms with van der Waals surface area (Å²) in [5, 5.41) is 0. The third-order valence-electron chi connectivity index (χ3n) is 0.801. The van der Waals surface area contributed by atoms with Gasteiger partial charge in [0.25, 0.3) is 0 Å². The maximum Gasteiger partial charge on any atom is 0.222 e. The van der Waals surface area contributed by atoms with Crippen molar-refractivity contribution in [1.82, 2.24) is 0 Å². The highest BCUT2D eigenvalue weighted by atomic mass is 19.1. The number of ether oxygens (including phenoxy) is 2. The molecular formula is C6H13FO2. The molecule has 0 aliphatic heterocycles. The summed E-state index contributed by atoms with van der Waals surface area (Å²) < 4.78 is 21.5. The van der Waals surface area contributed by atoms with Crippen molar-refractivity contribution in [1.29, 1.82) is 0 Å². The van der Waals surface area contributed by atoms with Gasteiger partial charge in [-0.15, -0.1) is 0 Å². The maximum absolute atomic E-state index is 12.2. The van der Waals surface area contributed by atoms with Crippen molar-refractivity contribution in [2.75, 3.05) is 19.8 Å². The van der Waals surface area contributed by atoms with Crippen LogP contribution in [0.25, 0.3) is 0 Å². The molecule has 1 atom stereocenters. The first-order valence-electron chi connectivity index (χ1n) is 3.14. The van der Waals surface area contributed by atoms with Crippen LogP contribution in [0, 0.1) is 0 Å². The average molecular weight is 136 g/mol. The molecule has 56 valence electrons. The molecule has 2 nitrogen and oxygen atoms in total. The fraction of sp³-hybridized carbons (Fsp3) is 1.00. The Bertz CT molecular complexity index is 59.0. The van der Waals surface area contributed by atoms with Crippen molar-refractivity contribution in [3.05, 3.63) is 0 Å². The van der Waals surface area contributed by atoms with Crippen LogP contribution in [-0.2, 0) is 9.47 Å². The predicted molar refractivity (Wildman–Crippen MR) is 33.0 cm³/mol. The normalized spacial score (nSPS) is 13.7. The van der Waals surface area contributed by atoms with Crippen molar-refractivity contribution in [2.45, 2.75) is 20.2 Å². The van der Waals surface area contributed by atoms with Gasteiger partial charge in [-0.25, -0.2) is 4.39 Å². The Kier molecular flexibility index (Phi) is 5.88. The Labute approximate surface area is 55.0 Å². The van der Waals surface area contributed by atoms with Gasteiger partial charge in [-0.05, 0) is 13.8 Å². The van der Waals surface area contributed by atoms with Crippen molar-refractivity contribution in [3.63, 3.8) is 0 Å². The molecular weight excluding hydrogens is 123 g/mol. The van der Waals surface area contributed by atoms with E-state index in [0.29, 0.717) is 13.2 Å². The zero-order valence-corrected chi connectivity index (χ0v) is 5.89. The van der Waals surface area contributed by atoms with E-state index in [-0.39, 0.29) is 6.61 Å². The smallest absolute Gasteiger partial charge is 0.222 e. The number of alkyl halides is 1. The molecule has 0 aromatic heterocycles. The minimum absolute atomic E-state index is 0.0460. The molecule has 0 bridgehead atoms. The number of halogens is 1. The highest BCUT2D eigenvalue weighted by Gasteiger charge is 2.02. The fourth-order valence-corrected chi connectivity index (χ4v) is 0.439. The van der Waals surface area contributed by atoms with Gasteiger partial charge in [0, 0.05) is 13.2 Å². The van der Waals surface area contributed by atoms with Crippen LogP contribution in [0.15, 0.2) is 0 Å². The first kappa shape index (κ1) is 8.85. The van der Waals surface area contributed by atoms with Gasteiger partial charge >= 0.3 is 0 Å². The summed E-state index contributed by atoms with van der Waals surface area (Å²) >= 11 is 0. The summed E-state index contributed by atoms with van der Waals surface area (Å²) in [6, 6.07) is 0. The second-order valence-corrected chi connectivity index (χ2v) is 1.52. The zero-order valence-electron chi connectivity index (χ0n) is 5.89. The van der Waals surface area contributed by atoms with Crippen molar-refractivity contribution < 1.29 is 13.9 Å². The van der Waals surface area contributed by atoms with Crippen LogP contribution in [0.3, 0.4) is 0 Å². The Morgan fingerprint density at radius 1 is 1.33 bits per heavy atom. The Hall–Kier alpha value is -0.150. The lowest BCUT2D eigenvalue weighted by atomic mass is 10.7. The van der Waals surface area contributed by atoms with E-state index in [1.54, 1.807) is 6.92 Å². The van der Waals surface area contributed by atoms with E-state index < -0.39 is 6.36 Å². The van der Waals surface area contributed by atoms with Crippen LogP contribution >= 0.6 is 0 Å². The molecule has 1 unspecified atom stereocenters. The molecule has 0 aliphatic rings. The second kappa shape index (κ2) is 5.98. The fourth-order valence-electron chi connectivity index (χ4n) is 0.439. The zero-order chi connectivity index (χ0) is 7.11. The van der Waals surface area contributed by atoms with Gasteiger partial charge in [-0.1, -0.05) is 0 Å². The topological polar surface area (TPSA) is 18.5 Å². The summed E-state index contributed by atoms with van der Waals surface area (Å²) in [5.74, 6) is 0. The Balaban J connectivity index is 2.95. The molecule has 0 aromatic carbocycles. The molecule has 0 radical (unpaired) electrons. The average Bonchev–Trinajstić information content (AvgIpc) is 1.85. The van der Waals surface area contributed by atoms with E-state index in [2.05, 4.69) is 4.74 Å². The van der Waals surface area contributed by atoms with Gasteiger partial charge in [0.1, 0.15) is 6.61 Å². The molecule has 0 aliphatic carbocycles. The molecule has 0 heterocycles. The quantitative estimate of drug-likeness (QED) is 0.568. The molecule has 0 N–H and O–H groups in total. The van der Waals surface area contributed by atoms with Crippen LogP contribution in [-0.4, -0.2) is 26.2 Å². The largest absolute Gasteiger partial charge is 0.376 e. The van der Waals surface area contributed by atoms with Crippen molar-refractivity contribution in [2.24, 2.45) is 0 Å². The molecule has 0 fully saturated rings. The maximum atomic E-state index is 12.2. The number of hydrogen-bond acceptors (Lipinski definition) is 2. The molecule has 0 saturated carbocycles. The molecule has 3 heteroatoms. The standard InChI is InChI=1S/C6H13FO2/c1-3-8-5-6(7)9-4-2/h6H,3-5H2,1-2H3. The summed E-state index contributed by atoms with van der Waals surface area (Å²) in [5.41, 5.74) is 0. The molecule has 0 spiro atoms. The number of hydrogen-bond donors (Lipinski definition) is 0. The lowest BCUT2D eigenvalue weighted by molar-refractivity contribution is -0.0821. The Morgan fingerprint density at radius 3 is 2.44 bits per heavy atom. The molecule has 0 saturated heterocycles. The van der Waals surface area contributed by atoms with Crippen LogP contribution in [0.2, 0.25) is 0 Å². The van der Waals surface area contributed by atoms with Gasteiger partial charge in [0.2, 0.25) is 6.36 Å². The van der Waals surface area contributed by atoms with Gasteiger partial charge < -0.3 is 9.47 Å². The summed E-state index contributed by atoms with van der Waals surface area (Å²) in [7, 11) is 0.